The van der Waals surface area contributed by atoms with Crippen LogP contribution in [-0.2, 0) is 4.79 Å². The van der Waals surface area contributed by atoms with Crippen molar-refractivity contribution in [3.05, 3.63) is 0 Å². The Balaban J connectivity index is 3.66. The Hall–Kier alpha value is -1.26. The maximum Gasteiger partial charge on any atom is 0.404 e. The van der Waals surface area contributed by atoms with E-state index in [0.717, 1.165) is 0 Å². The van der Waals surface area contributed by atoms with Crippen molar-refractivity contribution in [3.63, 3.8) is 0 Å². The Morgan fingerprint density at radius 2 is 1.86 bits per heavy atom. The van der Waals surface area contributed by atoms with Crippen molar-refractivity contribution in [2.45, 2.75) is 33.2 Å². The molecule has 0 spiro atoms. The van der Waals surface area contributed by atoms with Crippen LogP contribution in [0.25, 0.3) is 0 Å². The first-order valence-electron chi connectivity index (χ1n) is 4.68. The van der Waals surface area contributed by atoms with Crippen molar-refractivity contribution in [1.82, 2.24) is 10.6 Å². The van der Waals surface area contributed by atoms with Gasteiger partial charge >= 0.3 is 6.09 Å². The normalized spacial score (nSPS) is 12.3. The van der Waals surface area contributed by atoms with Gasteiger partial charge in [-0.1, -0.05) is 13.8 Å². The largest absolute Gasteiger partial charge is 0.465 e. The van der Waals surface area contributed by atoms with E-state index in [0.29, 0.717) is 12.5 Å². The molecule has 0 rings (SSSR count). The zero-order valence-corrected chi connectivity index (χ0v) is 8.83. The van der Waals surface area contributed by atoms with Gasteiger partial charge in [-0.3, -0.25) is 4.79 Å². The van der Waals surface area contributed by atoms with Crippen LogP contribution in [0.4, 0.5) is 4.79 Å². The number of hydrogen-bond acceptors (Lipinski definition) is 2. The van der Waals surface area contributed by atoms with Gasteiger partial charge in [-0.25, -0.2) is 4.79 Å². The van der Waals surface area contributed by atoms with Crippen LogP contribution < -0.4 is 10.6 Å². The van der Waals surface area contributed by atoms with Gasteiger partial charge in [0.25, 0.3) is 0 Å². The average molecular weight is 202 g/mol. The van der Waals surface area contributed by atoms with E-state index in [1.807, 2.05) is 13.8 Å². The second kappa shape index (κ2) is 6.23. The lowest BCUT2D eigenvalue weighted by atomic mass is 10.2. The number of carbonyl (C=O) groups excluding carboxylic acids is 1. The van der Waals surface area contributed by atoms with Gasteiger partial charge in [0.1, 0.15) is 0 Å². The van der Waals surface area contributed by atoms with E-state index in [1.165, 1.54) is 0 Å². The monoisotopic (exact) mass is 202 g/mol. The van der Waals surface area contributed by atoms with E-state index in [-0.39, 0.29) is 18.4 Å². The molecule has 0 fully saturated rings. The fraction of sp³-hybridized carbons (Fsp3) is 0.778. The number of nitrogens with one attached hydrogen (secondary N) is 2. The fourth-order valence-electron chi connectivity index (χ4n) is 0.930. The molecule has 0 bridgehead atoms. The van der Waals surface area contributed by atoms with Crippen molar-refractivity contribution >= 4 is 12.0 Å². The number of carboxylic acid groups (broad SMARTS) is 1. The molecule has 0 radical (unpaired) electrons. The molecular weight excluding hydrogens is 184 g/mol. The number of carbonyl (C=O) groups is 2. The van der Waals surface area contributed by atoms with Gasteiger partial charge in [-0.2, -0.15) is 0 Å². The third-order valence-corrected chi connectivity index (χ3v) is 1.57. The summed E-state index contributed by atoms with van der Waals surface area (Å²) >= 11 is 0. The molecule has 14 heavy (non-hydrogen) atoms. The van der Waals surface area contributed by atoms with Crippen molar-refractivity contribution in [2.75, 3.05) is 6.54 Å². The first-order valence-corrected chi connectivity index (χ1v) is 4.68. The molecule has 0 aliphatic rings. The lowest BCUT2D eigenvalue weighted by Gasteiger charge is -2.12. The molecular formula is C9H18N2O3. The number of hydrogen-bond donors (Lipinski definition) is 3. The molecule has 0 aromatic rings. The summed E-state index contributed by atoms with van der Waals surface area (Å²) in [5.41, 5.74) is 0. The minimum atomic E-state index is -1.10. The van der Waals surface area contributed by atoms with E-state index in [4.69, 9.17) is 5.11 Å². The van der Waals surface area contributed by atoms with E-state index in [9.17, 15) is 9.59 Å². The fourth-order valence-corrected chi connectivity index (χ4v) is 0.930. The molecule has 5 nitrogen and oxygen atoms in total. The van der Waals surface area contributed by atoms with Gasteiger partial charge in [0, 0.05) is 19.0 Å². The minimum absolute atomic E-state index is 0.125. The lowest BCUT2D eigenvalue weighted by Crippen LogP contribution is -2.37. The summed E-state index contributed by atoms with van der Waals surface area (Å²) in [6.45, 7) is 6.28. The summed E-state index contributed by atoms with van der Waals surface area (Å²) < 4.78 is 0. The molecule has 0 saturated heterocycles. The number of amides is 2. The average Bonchev–Trinajstić information content (AvgIpc) is 1.98. The van der Waals surface area contributed by atoms with Crippen LogP contribution in [0.15, 0.2) is 0 Å². The third-order valence-electron chi connectivity index (χ3n) is 1.57. The van der Waals surface area contributed by atoms with E-state index < -0.39 is 6.09 Å². The Kier molecular flexibility index (Phi) is 5.67. The van der Waals surface area contributed by atoms with Crippen molar-refractivity contribution < 1.29 is 14.7 Å². The quantitative estimate of drug-likeness (QED) is 0.617. The third kappa shape index (κ3) is 7.39. The summed E-state index contributed by atoms with van der Waals surface area (Å²) in [5.74, 6) is 0.279. The van der Waals surface area contributed by atoms with Gasteiger partial charge < -0.3 is 15.7 Å². The predicted molar refractivity (Wildman–Crippen MR) is 53.1 cm³/mol. The first-order chi connectivity index (χ1) is 6.41. The zero-order valence-electron chi connectivity index (χ0n) is 8.83. The summed E-state index contributed by atoms with van der Waals surface area (Å²) in [7, 11) is 0. The summed E-state index contributed by atoms with van der Waals surface area (Å²) in [5, 5.41) is 13.3. The molecule has 0 heterocycles. The van der Waals surface area contributed by atoms with Crippen molar-refractivity contribution in [2.24, 2.45) is 5.92 Å². The molecule has 0 aromatic heterocycles. The van der Waals surface area contributed by atoms with Crippen LogP contribution in [0.3, 0.4) is 0 Å². The lowest BCUT2D eigenvalue weighted by molar-refractivity contribution is -0.121. The van der Waals surface area contributed by atoms with Gasteiger partial charge in [0.05, 0.1) is 0 Å². The minimum Gasteiger partial charge on any atom is -0.465 e. The van der Waals surface area contributed by atoms with Crippen molar-refractivity contribution in [3.8, 4) is 0 Å². The highest BCUT2D eigenvalue weighted by Gasteiger charge is 2.10. The van der Waals surface area contributed by atoms with Gasteiger partial charge in [-0.15, -0.1) is 0 Å². The predicted octanol–water partition coefficient (Wildman–Crippen LogP) is 0.805. The second-order valence-corrected chi connectivity index (χ2v) is 3.75. The first kappa shape index (κ1) is 12.7. The highest BCUT2D eigenvalue weighted by Crippen LogP contribution is 1.92. The molecule has 0 aromatic carbocycles. The maximum atomic E-state index is 11.2. The Morgan fingerprint density at radius 3 is 2.29 bits per heavy atom. The molecule has 3 N–H and O–H groups in total. The van der Waals surface area contributed by atoms with Crippen LogP contribution in [0, 0.1) is 5.92 Å². The molecule has 1 unspecified atom stereocenters. The highest BCUT2D eigenvalue weighted by molar-refractivity contribution is 5.77. The Bertz CT molecular complexity index is 204. The number of rotatable bonds is 5. The zero-order chi connectivity index (χ0) is 11.1. The maximum absolute atomic E-state index is 11.2. The molecule has 0 aliphatic heterocycles. The summed E-state index contributed by atoms with van der Waals surface area (Å²) in [4.78, 5) is 21.4. The molecule has 82 valence electrons. The Morgan fingerprint density at radius 1 is 1.29 bits per heavy atom. The van der Waals surface area contributed by atoms with E-state index in [1.54, 1.807) is 6.92 Å². The molecule has 5 heteroatoms. The van der Waals surface area contributed by atoms with Crippen molar-refractivity contribution in [1.29, 1.82) is 0 Å². The molecule has 2 amide bonds. The van der Waals surface area contributed by atoms with E-state index >= 15 is 0 Å². The summed E-state index contributed by atoms with van der Waals surface area (Å²) in [6.07, 6.45) is -0.923. The standard InChI is InChI=1S/C9H18N2O3/c1-6(2)5-10-8(12)4-7(3)11-9(13)14/h6-7,11H,4-5H2,1-3H3,(H,10,12)(H,13,14). The Labute approximate surface area is 83.9 Å². The molecule has 0 aliphatic carbocycles. The van der Waals surface area contributed by atoms with Crippen LogP contribution >= 0.6 is 0 Å². The van der Waals surface area contributed by atoms with E-state index in [2.05, 4.69) is 10.6 Å². The smallest absolute Gasteiger partial charge is 0.404 e. The van der Waals surface area contributed by atoms with Crippen LogP contribution in [0.2, 0.25) is 0 Å². The van der Waals surface area contributed by atoms with Crippen LogP contribution in [0.1, 0.15) is 27.2 Å². The van der Waals surface area contributed by atoms with Gasteiger partial charge in [0.2, 0.25) is 5.91 Å². The topological polar surface area (TPSA) is 78.4 Å². The van der Waals surface area contributed by atoms with Gasteiger partial charge in [0.15, 0.2) is 0 Å². The second-order valence-electron chi connectivity index (χ2n) is 3.75. The molecule has 0 saturated carbocycles. The highest BCUT2D eigenvalue weighted by atomic mass is 16.4. The van der Waals surface area contributed by atoms with Crippen LogP contribution in [-0.4, -0.2) is 29.7 Å². The molecule has 1 atom stereocenters. The SMILES string of the molecule is CC(C)CNC(=O)CC(C)NC(=O)O. The van der Waals surface area contributed by atoms with Gasteiger partial charge in [-0.05, 0) is 12.8 Å². The van der Waals surface area contributed by atoms with Crippen LogP contribution in [0.5, 0.6) is 0 Å². The summed E-state index contributed by atoms with van der Waals surface area (Å²) in [6, 6.07) is -0.348.